The Balaban J connectivity index is 2.64. The number of ether oxygens (including phenoxy) is 1. The third-order valence-electron chi connectivity index (χ3n) is 2.87. The first-order valence-corrected chi connectivity index (χ1v) is 6.05. The molecule has 0 saturated carbocycles. The predicted molar refractivity (Wildman–Crippen MR) is 72.8 cm³/mol. The van der Waals surface area contributed by atoms with Gasteiger partial charge in [-0.2, -0.15) is 0 Å². The molecule has 0 radical (unpaired) electrons. The highest BCUT2D eigenvalue weighted by Crippen LogP contribution is 2.09. The molecule has 0 unspecified atom stereocenters. The third-order valence-corrected chi connectivity index (χ3v) is 2.87. The molecule has 19 heavy (non-hydrogen) atoms. The van der Waals surface area contributed by atoms with Gasteiger partial charge in [0.1, 0.15) is 5.54 Å². The summed E-state index contributed by atoms with van der Waals surface area (Å²) in [6, 6.07) is 7.21. The fourth-order valence-corrected chi connectivity index (χ4v) is 1.57. The Bertz CT molecular complexity index is 452. The molecule has 0 aliphatic heterocycles. The average Bonchev–Trinajstić information content (AvgIpc) is 2.43. The molecule has 0 saturated heterocycles. The van der Waals surface area contributed by atoms with Crippen LogP contribution in [0.5, 0.6) is 0 Å². The molecule has 1 rings (SSSR count). The number of rotatable bonds is 5. The Morgan fingerprint density at radius 3 is 2.26 bits per heavy atom. The minimum atomic E-state index is -0.742. The molecule has 0 spiro atoms. The predicted octanol–water partition coefficient (Wildman–Crippen LogP) is 1.09. The summed E-state index contributed by atoms with van der Waals surface area (Å²) in [4.78, 5) is 22.9. The van der Waals surface area contributed by atoms with Gasteiger partial charge in [0, 0.05) is 19.2 Å². The monoisotopic (exact) mass is 264 g/mol. The highest BCUT2D eigenvalue weighted by molar-refractivity contribution is 5.93. The van der Waals surface area contributed by atoms with E-state index in [2.05, 4.69) is 10.6 Å². The topological polar surface area (TPSA) is 67.4 Å². The Labute approximate surface area is 113 Å². The van der Waals surface area contributed by atoms with Crippen molar-refractivity contribution in [2.24, 2.45) is 0 Å². The second kappa shape index (κ2) is 6.33. The van der Waals surface area contributed by atoms with Crippen LogP contribution >= 0.6 is 0 Å². The number of carbonyl (C=O) groups is 2. The summed E-state index contributed by atoms with van der Waals surface area (Å²) in [6.07, 6.45) is 0. The minimum absolute atomic E-state index is 0.116. The van der Waals surface area contributed by atoms with Crippen molar-refractivity contribution in [2.45, 2.75) is 25.9 Å². The summed E-state index contributed by atoms with van der Waals surface area (Å²) in [5, 5.41) is 5.68. The van der Waals surface area contributed by atoms with E-state index < -0.39 is 5.54 Å². The van der Waals surface area contributed by atoms with E-state index in [1.165, 1.54) is 7.11 Å². The van der Waals surface area contributed by atoms with Gasteiger partial charge in [-0.1, -0.05) is 12.1 Å². The van der Waals surface area contributed by atoms with E-state index in [0.29, 0.717) is 12.1 Å². The van der Waals surface area contributed by atoms with Crippen LogP contribution in [0.15, 0.2) is 24.3 Å². The van der Waals surface area contributed by atoms with Gasteiger partial charge in [-0.25, -0.2) is 0 Å². The van der Waals surface area contributed by atoms with Crippen LogP contribution in [0.2, 0.25) is 0 Å². The van der Waals surface area contributed by atoms with E-state index in [-0.39, 0.29) is 11.9 Å². The fourth-order valence-electron chi connectivity index (χ4n) is 1.57. The van der Waals surface area contributed by atoms with Gasteiger partial charge < -0.3 is 10.1 Å². The van der Waals surface area contributed by atoms with Crippen LogP contribution in [-0.4, -0.2) is 31.6 Å². The van der Waals surface area contributed by atoms with Crippen LogP contribution in [0.25, 0.3) is 0 Å². The minimum Gasteiger partial charge on any atom is -0.468 e. The first kappa shape index (κ1) is 15.2. The quantitative estimate of drug-likeness (QED) is 0.781. The van der Waals surface area contributed by atoms with Crippen LogP contribution in [0.1, 0.15) is 29.8 Å². The second-order valence-corrected chi connectivity index (χ2v) is 4.75. The Kier molecular flexibility index (Phi) is 5.06. The molecule has 5 heteroatoms. The van der Waals surface area contributed by atoms with Crippen molar-refractivity contribution in [2.75, 3.05) is 14.2 Å². The number of benzene rings is 1. The van der Waals surface area contributed by atoms with Crippen molar-refractivity contribution in [1.29, 1.82) is 0 Å². The lowest BCUT2D eigenvalue weighted by atomic mass is 10.0. The number of nitrogens with one attached hydrogen (secondary N) is 2. The number of hydrogen-bond acceptors (Lipinski definition) is 4. The normalized spacial score (nSPS) is 10.9. The highest BCUT2D eigenvalue weighted by Gasteiger charge is 2.27. The molecule has 0 aromatic heterocycles. The summed E-state index contributed by atoms with van der Waals surface area (Å²) >= 11 is 0. The van der Waals surface area contributed by atoms with E-state index in [0.717, 1.165) is 5.56 Å². The van der Waals surface area contributed by atoms with Crippen molar-refractivity contribution in [3.8, 4) is 0 Å². The van der Waals surface area contributed by atoms with Gasteiger partial charge in [0.2, 0.25) is 0 Å². The second-order valence-electron chi connectivity index (χ2n) is 4.75. The van der Waals surface area contributed by atoms with Crippen molar-refractivity contribution in [1.82, 2.24) is 10.6 Å². The molecule has 0 bridgehead atoms. The van der Waals surface area contributed by atoms with Gasteiger partial charge in [0.15, 0.2) is 0 Å². The Morgan fingerprint density at radius 1 is 1.21 bits per heavy atom. The van der Waals surface area contributed by atoms with Crippen LogP contribution in [0.4, 0.5) is 0 Å². The molecule has 1 aromatic carbocycles. The van der Waals surface area contributed by atoms with Gasteiger partial charge in [-0.15, -0.1) is 0 Å². The van der Waals surface area contributed by atoms with Gasteiger partial charge in [0.25, 0.3) is 5.91 Å². The molecule has 0 aliphatic rings. The zero-order valence-electron chi connectivity index (χ0n) is 11.7. The van der Waals surface area contributed by atoms with Crippen molar-refractivity contribution < 1.29 is 14.3 Å². The molecule has 1 aromatic rings. The zero-order chi connectivity index (χ0) is 14.5. The number of hydrogen-bond donors (Lipinski definition) is 2. The SMILES string of the molecule is CNC(=O)c1ccc(CNC(C)(C)C(=O)OC)cc1. The molecule has 2 N–H and O–H groups in total. The number of carbonyl (C=O) groups excluding carboxylic acids is 2. The average molecular weight is 264 g/mol. The molecule has 0 atom stereocenters. The highest BCUT2D eigenvalue weighted by atomic mass is 16.5. The Hall–Kier alpha value is -1.88. The summed E-state index contributed by atoms with van der Waals surface area (Å²) in [6.45, 7) is 4.05. The van der Waals surface area contributed by atoms with Gasteiger partial charge in [-0.05, 0) is 31.5 Å². The zero-order valence-corrected chi connectivity index (χ0v) is 11.7. The van der Waals surface area contributed by atoms with Gasteiger partial charge in [0.05, 0.1) is 7.11 Å². The molecule has 0 aliphatic carbocycles. The summed E-state index contributed by atoms with van der Waals surface area (Å²) in [5.74, 6) is -0.427. The van der Waals surface area contributed by atoms with Crippen LogP contribution in [0.3, 0.4) is 0 Å². The molecule has 104 valence electrons. The first-order chi connectivity index (χ1) is 8.90. The van der Waals surface area contributed by atoms with Crippen LogP contribution in [0, 0.1) is 0 Å². The van der Waals surface area contributed by atoms with Gasteiger partial charge >= 0.3 is 5.97 Å². The Morgan fingerprint density at radius 2 is 1.79 bits per heavy atom. The van der Waals surface area contributed by atoms with Crippen molar-refractivity contribution in [3.63, 3.8) is 0 Å². The lowest BCUT2D eigenvalue weighted by Gasteiger charge is -2.23. The maximum Gasteiger partial charge on any atom is 0.325 e. The van der Waals surface area contributed by atoms with E-state index in [1.54, 1.807) is 33.0 Å². The van der Waals surface area contributed by atoms with E-state index in [4.69, 9.17) is 4.74 Å². The van der Waals surface area contributed by atoms with Crippen molar-refractivity contribution >= 4 is 11.9 Å². The molecule has 5 nitrogen and oxygen atoms in total. The molecular formula is C14H20N2O3. The van der Waals surface area contributed by atoms with E-state index >= 15 is 0 Å². The van der Waals surface area contributed by atoms with Crippen LogP contribution in [-0.2, 0) is 16.1 Å². The summed E-state index contributed by atoms with van der Waals surface area (Å²) < 4.78 is 4.71. The fraction of sp³-hybridized carbons (Fsp3) is 0.429. The molecule has 0 heterocycles. The smallest absolute Gasteiger partial charge is 0.325 e. The largest absolute Gasteiger partial charge is 0.468 e. The maximum absolute atomic E-state index is 11.5. The summed E-state index contributed by atoms with van der Waals surface area (Å²) in [7, 11) is 2.96. The number of amides is 1. The molecule has 0 fully saturated rings. The lowest BCUT2D eigenvalue weighted by Crippen LogP contribution is -2.46. The number of methoxy groups -OCH3 is 1. The van der Waals surface area contributed by atoms with Crippen molar-refractivity contribution in [3.05, 3.63) is 35.4 Å². The maximum atomic E-state index is 11.5. The van der Waals surface area contributed by atoms with Gasteiger partial charge in [-0.3, -0.25) is 14.9 Å². The van der Waals surface area contributed by atoms with E-state index in [9.17, 15) is 9.59 Å². The first-order valence-electron chi connectivity index (χ1n) is 6.05. The number of esters is 1. The molecular weight excluding hydrogens is 244 g/mol. The summed E-state index contributed by atoms with van der Waals surface area (Å²) in [5.41, 5.74) is 0.858. The standard InChI is InChI=1S/C14H20N2O3/c1-14(2,13(18)19-4)16-9-10-5-7-11(8-6-10)12(17)15-3/h5-8,16H,9H2,1-4H3,(H,15,17). The van der Waals surface area contributed by atoms with Crippen LogP contribution < -0.4 is 10.6 Å². The lowest BCUT2D eigenvalue weighted by molar-refractivity contribution is -0.147. The van der Waals surface area contributed by atoms with E-state index in [1.807, 2.05) is 12.1 Å². The molecule has 1 amide bonds. The third kappa shape index (κ3) is 4.06.